The van der Waals surface area contributed by atoms with Crippen molar-refractivity contribution in [3.8, 4) is 0 Å². The molecule has 80 valence electrons. The second-order valence-electron chi connectivity index (χ2n) is 4.11. The molecule has 1 N–H and O–H groups in total. The fraction of sp³-hybridized carbons (Fsp3) is 1.00. The van der Waals surface area contributed by atoms with E-state index >= 15 is 0 Å². The minimum absolute atomic E-state index is 0.616. The summed E-state index contributed by atoms with van der Waals surface area (Å²) in [6, 6.07) is 1.27. The molecule has 0 amide bonds. The zero-order valence-corrected chi connectivity index (χ0v) is 10.1. The van der Waals surface area contributed by atoms with Crippen molar-refractivity contribution in [1.82, 2.24) is 10.2 Å². The van der Waals surface area contributed by atoms with Crippen LogP contribution in [0.3, 0.4) is 0 Å². The SMILES string of the molecule is CCC(NC)C(C(C)C)N(C)CC. The van der Waals surface area contributed by atoms with Gasteiger partial charge < -0.3 is 10.2 Å². The summed E-state index contributed by atoms with van der Waals surface area (Å²) in [4.78, 5) is 2.44. The fourth-order valence-corrected chi connectivity index (χ4v) is 2.11. The third-order valence-corrected chi connectivity index (χ3v) is 2.91. The standard InChI is InChI=1S/C11H26N2/c1-7-10(12-5)11(9(3)4)13(6)8-2/h9-12H,7-8H2,1-6H3. The van der Waals surface area contributed by atoms with Crippen molar-refractivity contribution >= 4 is 0 Å². The van der Waals surface area contributed by atoms with E-state index in [0.29, 0.717) is 18.0 Å². The van der Waals surface area contributed by atoms with Crippen LogP contribution < -0.4 is 5.32 Å². The van der Waals surface area contributed by atoms with Crippen molar-refractivity contribution in [3.05, 3.63) is 0 Å². The summed E-state index contributed by atoms with van der Waals surface area (Å²) < 4.78 is 0. The number of nitrogens with zero attached hydrogens (tertiary/aromatic N) is 1. The van der Waals surface area contributed by atoms with Crippen LogP contribution in [0.2, 0.25) is 0 Å². The molecule has 0 spiro atoms. The van der Waals surface area contributed by atoms with E-state index in [1.165, 1.54) is 6.42 Å². The van der Waals surface area contributed by atoms with Gasteiger partial charge in [-0.05, 0) is 33.0 Å². The molecule has 2 atom stereocenters. The van der Waals surface area contributed by atoms with Gasteiger partial charge in [0.2, 0.25) is 0 Å². The minimum Gasteiger partial charge on any atom is -0.315 e. The molecule has 0 heterocycles. The monoisotopic (exact) mass is 186 g/mol. The highest BCUT2D eigenvalue weighted by Gasteiger charge is 2.24. The molecule has 0 aliphatic heterocycles. The van der Waals surface area contributed by atoms with Gasteiger partial charge in [0, 0.05) is 12.1 Å². The average molecular weight is 186 g/mol. The molecule has 0 rings (SSSR count). The Morgan fingerprint density at radius 1 is 1.23 bits per heavy atom. The Morgan fingerprint density at radius 3 is 2.00 bits per heavy atom. The van der Waals surface area contributed by atoms with E-state index in [-0.39, 0.29) is 0 Å². The summed E-state index contributed by atoms with van der Waals surface area (Å²) in [6.45, 7) is 10.2. The second-order valence-corrected chi connectivity index (χ2v) is 4.11. The maximum atomic E-state index is 3.41. The Hall–Kier alpha value is -0.0800. The van der Waals surface area contributed by atoms with Crippen molar-refractivity contribution in [1.29, 1.82) is 0 Å². The quantitative estimate of drug-likeness (QED) is 0.682. The van der Waals surface area contributed by atoms with Crippen LogP contribution in [0.5, 0.6) is 0 Å². The summed E-state index contributed by atoms with van der Waals surface area (Å²) in [5, 5.41) is 3.41. The molecule has 0 bridgehead atoms. The van der Waals surface area contributed by atoms with E-state index in [4.69, 9.17) is 0 Å². The molecule has 0 aliphatic carbocycles. The van der Waals surface area contributed by atoms with Gasteiger partial charge in [-0.1, -0.05) is 27.7 Å². The summed E-state index contributed by atoms with van der Waals surface area (Å²) in [7, 11) is 4.28. The highest BCUT2D eigenvalue weighted by molar-refractivity contribution is 4.83. The Labute approximate surface area is 83.7 Å². The van der Waals surface area contributed by atoms with E-state index in [9.17, 15) is 0 Å². The van der Waals surface area contributed by atoms with Crippen LogP contribution in [0.1, 0.15) is 34.1 Å². The first-order valence-electron chi connectivity index (χ1n) is 5.45. The van der Waals surface area contributed by atoms with Gasteiger partial charge in [0.25, 0.3) is 0 Å². The molecule has 2 heteroatoms. The molecule has 0 aromatic carbocycles. The maximum Gasteiger partial charge on any atom is 0.0268 e. The Balaban J connectivity index is 4.38. The van der Waals surface area contributed by atoms with E-state index < -0.39 is 0 Å². The van der Waals surface area contributed by atoms with Gasteiger partial charge >= 0.3 is 0 Å². The molecule has 0 saturated carbocycles. The van der Waals surface area contributed by atoms with Gasteiger partial charge in [0.1, 0.15) is 0 Å². The van der Waals surface area contributed by atoms with Crippen LogP contribution in [-0.4, -0.2) is 37.6 Å². The van der Waals surface area contributed by atoms with Gasteiger partial charge in [-0.3, -0.25) is 0 Å². The summed E-state index contributed by atoms with van der Waals surface area (Å²) >= 11 is 0. The molecule has 0 aromatic rings. The van der Waals surface area contributed by atoms with Crippen LogP contribution in [0.15, 0.2) is 0 Å². The molecule has 0 saturated heterocycles. The molecule has 13 heavy (non-hydrogen) atoms. The van der Waals surface area contributed by atoms with Crippen molar-refractivity contribution in [3.63, 3.8) is 0 Å². The van der Waals surface area contributed by atoms with Gasteiger partial charge in [-0.25, -0.2) is 0 Å². The molecular formula is C11H26N2. The van der Waals surface area contributed by atoms with Crippen LogP contribution in [0.25, 0.3) is 0 Å². The van der Waals surface area contributed by atoms with Crippen LogP contribution >= 0.6 is 0 Å². The zero-order valence-electron chi connectivity index (χ0n) is 10.1. The van der Waals surface area contributed by atoms with Crippen molar-refractivity contribution in [2.24, 2.45) is 5.92 Å². The number of likely N-dealkylation sites (N-methyl/N-ethyl adjacent to an activating group) is 2. The van der Waals surface area contributed by atoms with Crippen molar-refractivity contribution in [2.75, 3.05) is 20.6 Å². The van der Waals surface area contributed by atoms with Gasteiger partial charge in [-0.2, -0.15) is 0 Å². The molecule has 0 radical (unpaired) electrons. The van der Waals surface area contributed by atoms with E-state index in [1.807, 2.05) is 0 Å². The highest BCUT2D eigenvalue weighted by Crippen LogP contribution is 2.15. The fourth-order valence-electron chi connectivity index (χ4n) is 2.11. The first-order valence-corrected chi connectivity index (χ1v) is 5.45. The number of hydrogen-bond donors (Lipinski definition) is 1. The zero-order chi connectivity index (χ0) is 10.4. The summed E-state index contributed by atoms with van der Waals surface area (Å²) in [5.41, 5.74) is 0. The Bertz CT molecular complexity index is 119. The summed E-state index contributed by atoms with van der Waals surface area (Å²) in [6.07, 6.45) is 1.20. The van der Waals surface area contributed by atoms with E-state index in [2.05, 4.69) is 52.0 Å². The van der Waals surface area contributed by atoms with Crippen LogP contribution in [0.4, 0.5) is 0 Å². The van der Waals surface area contributed by atoms with Gasteiger partial charge in [0.15, 0.2) is 0 Å². The lowest BCUT2D eigenvalue weighted by Gasteiger charge is -2.36. The lowest BCUT2D eigenvalue weighted by Crippen LogP contribution is -2.50. The molecule has 2 unspecified atom stereocenters. The predicted molar refractivity (Wildman–Crippen MR) is 60.1 cm³/mol. The number of rotatable bonds is 6. The van der Waals surface area contributed by atoms with Gasteiger partial charge in [-0.15, -0.1) is 0 Å². The van der Waals surface area contributed by atoms with E-state index in [0.717, 1.165) is 6.54 Å². The topological polar surface area (TPSA) is 15.3 Å². The predicted octanol–water partition coefficient (Wildman–Crippen LogP) is 1.96. The van der Waals surface area contributed by atoms with Gasteiger partial charge in [0.05, 0.1) is 0 Å². The van der Waals surface area contributed by atoms with Crippen LogP contribution in [-0.2, 0) is 0 Å². The normalized spacial score (nSPS) is 16.6. The Morgan fingerprint density at radius 2 is 1.77 bits per heavy atom. The molecular weight excluding hydrogens is 160 g/mol. The first-order chi connectivity index (χ1) is 6.08. The van der Waals surface area contributed by atoms with Crippen molar-refractivity contribution in [2.45, 2.75) is 46.2 Å². The average Bonchev–Trinajstić information content (AvgIpc) is 2.12. The third kappa shape index (κ3) is 3.65. The minimum atomic E-state index is 0.616. The lowest BCUT2D eigenvalue weighted by molar-refractivity contribution is 0.154. The Kier molecular flexibility index (Phi) is 6.35. The number of hydrogen-bond acceptors (Lipinski definition) is 2. The number of nitrogens with one attached hydrogen (secondary N) is 1. The van der Waals surface area contributed by atoms with E-state index in [1.54, 1.807) is 0 Å². The maximum absolute atomic E-state index is 3.41. The third-order valence-electron chi connectivity index (χ3n) is 2.91. The first kappa shape index (κ1) is 12.9. The molecule has 0 aliphatic rings. The van der Waals surface area contributed by atoms with Crippen molar-refractivity contribution < 1.29 is 0 Å². The lowest BCUT2D eigenvalue weighted by atomic mass is 9.93. The molecule has 0 aromatic heterocycles. The molecule has 0 fully saturated rings. The highest BCUT2D eigenvalue weighted by atomic mass is 15.2. The second kappa shape index (κ2) is 6.39. The molecule has 2 nitrogen and oxygen atoms in total. The largest absolute Gasteiger partial charge is 0.315 e. The van der Waals surface area contributed by atoms with Crippen LogP contribution in [0, 0.1) is 5.92 Å². The smallest absolute Gasteiger partial charge is 0.0268 e. The summed E-state index contributed by atoms with van der Waals surface area (Å²) in [5.74, 6) is 0.711.